The van der Waals surface area contributed by atoms with E-state index in [-0.39, 0.29) is 5.91 Å². The van der Waals surface area contributed by atoms with Crippen molar-refractivity contribution in [3.05, 3.63) is 23.2 Å². The Labute approximate surface area is 123 Å². The van der Waals surface area contributed by atoms with Crippen molar-refractivity contribution in [1.29, 1.82) is 0 Å². The number of anilines is 1. The number of ether oxygens (including phenoxy) is 1. The highest BCUT2D eigenvalue weighted by Crippen LogP contribution is 2.29. The molecule has 0 atom stereocenters. The molecule has 1 saturated heterocycles. The molecular formula is C14H18ClNO2S. The highest BCUT2D eigenvalue weighted by Gasteiger charge is 2.18. The average molecular weight is 300 g/mol. The monoisotopic (exact) mass is 299 g/mol. The molecule has 1 aliphatic rings. The van der Waals surface area contributed by atoms with Crippen LogP contribution in [0, 0.1) is 5.92 Å². The minimum absolute atomic E-state index is 0.0393. The van der Waals surface area contributed by atoms with Crippen molar-refractivity contribution in [2.75, 3.05) is 23.9 Å². The van der Waals surface area contributed by atoms with E-state index in [0.717, 1.165) is 12.8 Å². The van der Waals surface area contributed by atoms with Gasteiger partial charge in [-0.2, -0.15) is 11.8 Å². The lowest BCUT2D eigenvalue weighted by atomic mass is 9.98. The summed E-state index contributed by atoms with van der Waals surface area (Å²) in [6.45, 7) is 0. The zero-order chi connectivity index (χ0) is 13.7. The van der Waals surface area contributed by atoms with Crippen LogP contribution in [-0.4, -0.2) is 24.5 Å². The molecule has 5 heteroatoms. The van der Waals surface area contributed by atoms with E-state index in [4.69, 9.17) is 16.3 Å². The number of benzene rings is 1. The number of amides is 1. The van der Waals surface area contributed by atoms with Gasteiger partial charge in [0.1, 0.15) is 5.75 Å². The predicted molar refractivity (Wildman–Crippen MR) is 81.3 cm³/mol. The molecule has 3 nitrogen and oxygen atoms in total. The van der Waals surface area contributed by atoms with Crippen LogP contribution in [0.4, 0.5) is 5.69 Å². The summed E-state index contributed by atoms with van der Waals surface area (Å²) in [6.07, 6.45) is 2.84. The molecule has 19 heavy (non-hydrogen) atoms. The largest absolute Gasteiger partial charge is 0.495 e. The van der Waals surface area contributed by atoms with Crippen LogP contribution in [0.1, 0.15) is 19.3 Å². The predicted octanol–water partition coefficient (Wildman–Crippen LogP) is 3.82. The molecule has 1 aliphatic heterocycles. The number of thioether (sulfide) groups is 1. The van der Waals surface area contributed by atoms with Gasteiger partial charge in [0, 0.05) is 11.4 Å². The van der Waals surface area contributed by atoms with E-state index >= 15 is 0 Å². The van der Waals surface area contributed by atoms with Crippen LogP contribution in [0.2, 0.25) is 5.02 Å². The van der Waals surface area contributed by atoms with Crippen LogP contribution in [0.15, 0.2) is 18.2 Å². The highest BCUT2D eigenvalue weighted by molar-refractivity contribution is 7.99. The van der Waals surface area contributed by atoms with Gasteiger partial charge in [-0.25, -0.2) is 0 Å². The Kier molecular flexibility index (Phi) is 5.40. The Morgan fingerprint density at radius 3 is 2.89 bits per heavy atom. The van der Waals surface area contributed by atoms with E-state index in [1.54, 1.807) is 25.3 Å². The van der Waals surface area contributed by atoms with Crippen molar-refractivity contribution >= 4 is 35.0 Å². The van der Waals surface area contributed by atoms with Gasteiger partial charge in [0.15, 0.2) is 0 Å². The lowest BCUT2D eigenvalue weighted by Gasteiger charge is -2.20. The van der Waals surface area contributed by atoms with Gasteiger partial charge in [-0.1, -0.05) is 11.6 Å². The van der Waals surface area contributed by atoms with Crippen LogP contribution >= 0.6 is 23.4 Å². The number of rotatable bonds is 4. The topological polar surface area (TPSA) is 38.3 Å². The second kappa shape index (κ2) is 7.06. The van der Waals surface area contributed by atoms with Crippen molar-refractivity contribution in [3.63, 3.8) is 0 Å². The summed E-state index contributed by atoms with van der Waals surface area (Å²) in [6, 6.07) is 5.22. The normalized spacial score (nSPS) is 16.1. The number of nitrogens with one attached hydrogen (secondary N) is 1. The summed E-state index contributed by atoms with van der Waals surface area (Å²) in [5.41, 5.74) is 0.644. The molecule has 0 aromatic heterocycles. The molecule has 104 valence electrons. The van der Waals surface area contributed by atoms with Crippen LogP contribution in [0.25, 0.3) is 0 Å². The minimum atomic E-state index is 0.0393. The van der Waals surface area contributed by atoms with Crippen LogP contribution in [-0.2, 0) is 4.79 Å². The summed E-state index contributed by atoms with van der Waals surface area (Å²) >= 11 is 7.91. The average Bonchev–Trinajstić information content (AvgIpc) is 2.40. The van der Waals surface area contributed by atoms with Crippen LogP contribution < -0.4 is 10.1 Å². The van der Waals surface area contributed by atoms with E-state index in [2.05, 4.69) is 5.32 Å². The molecule has 1 N–H and O–H groups in total. The van der Waals surface area contributed by atoms with Gasteiger partial charge in [-0.15, -0.1) is 0 Å². The quantitative estimate of drug-likeness (QED) is 0.918. The third kappa shape index (κ3) is 4.32. The van der Waals surface area contributed by atoms with E-state index < -0.39 is 0 Å². The molecular weight excluding hydrogens is 282 g/mol. The van der Waals surface area contributed by atoms with Crippen molar-refractivity contribution in [2.24, 2.45) is 5.92 Å². The fourth-order valence-electron chi connectivity index (χ4n) is 2.19. The lowest BCUT2D eigenvalue weighted by molar-refractivity contribution is -0.117. The number of hydrogen-bond donors (Lipinski definition) is 1. The van der Waals surface area contributed by atoms with Crippen LogP contribution in [0.5, 0.6) is 5.75 Å². The lowest BCUT2D eigenvalue weighted by Crippen LogP contribution is -2.19. The maximum absolute atomic E-state index is 12.0. The van der Waals surface area contributed by atoms with Gasteiger partial charge in [-0.3, -0.25) is 4.79 Å². The molecule has 1 amide bonds. The summed E-state index contributed by atoms with van der Waals surface area (Å²) in [4.78, 5) is 12.0. The number of carbonyl (C=O) groups is 1. The Morgan fingerprint density at radius 2 is 2.21 bits per heavy atom. The van der Waals surface area contributed by atoms with Crippen LogP contribution in [0.3, 0.4) is 0 Å². The molecule has 2 rings (SSSR count). The SMILES string of the molecule is COc1ccc(Cl)cc1NC(=O)CC1CCSCC1. The molecule has 1 aromatic rings. The van der Waals surface area contributed by atoms with Gasteiger partial charge in [0.2, 0.25) is 5.91 Å². The second-order valence-electron chi connectivity index (χ2n) is 4.65. The van der Waals surface area contributed by atoms with Crippen molar-refractivity contribution in [2.45, 2.75) is 19.3 Å². The molecule has 1 fully saturated rings. The summed E-state index contributed by atoms with van der Waals surface area (Å²) in [5.74, 6) is 3.51. The van der Waals surface area contributed by atoms with Gasteiger partial charge in [0.25, 0.3) is 0 Å². The van der Waals surface area contributed by atoms with Crippen molar-refractivity contribution < 1.29 is 9.53 Å². The van der Waals surface area contributed by atoms with Gasteiger partial charge >= 0.3 is 0 Å². The third-order valence-electron chi connectivity index (χ3n) is 3.25. The smallest absolute Gasteiger partial charge is 0.224 e. The maximum atomic E-state index is 12.0. The molecule has 0 bridgehead atoms. The summed E-state index contributed by atoms with van der Waals surface area (Å²) in [5, 5.41) is 3.48. The fourth-order valence-corrected chi connectivity index (χ4v) is 3.57. The molecule has 0 spiro atoms. The van der Waals surface area contributed by atoms with Gasteiger partial charge in [-0.05, 0) is 48.5 Å². The molecule has 0 unspecified atom stereocenters. The molecule has 1 aromatic carbocycles. The number of methoxy groups -OCH3 is 1. The first kappa shape index (κ1) is 14.5. The summed E-state index contributed by atoms with van der Waals surface area (Å²) in [7, 11) is 1.58. The fraction of sp³-hybridized carbons (Fsp3) is 0.500. The van der Waals surface area contributed by atoms with Gasteiger partial charge in [0.05, 0.1) is 12.8 Å². The molecule has 0 saturated carbocycles. The number of halogens is 1. The van der Waals surface area contributed by atoms with E-state index in [1.807, 2.05) is 11.8 Å². The second-order valence-corrected chi connectivity index (χ2v) is 6.31. The standard InChI is InChI=1S/C14H18ClNO2S/c1-18-13-3-2-11(15)9-12(13)16-14(17)8-10-4-6-19-7-5-10/h2-3,9-10H,4-8H2,1H3,(H,16,17). The van der Waals surface area contributed by atoms with Gasteiger partial charge < -0.3 is 10.1 Å². The maximum Gasteiger partial charge on any atom is 0.224 e. The number of carbonyl (C=O) groups excluding carboxylic acids is 1. The summed E-state index contributed by atoms with van der Waals surface area (Å²) < 4.78 is 5.21. The molecule has 1 heterocycles. The van der Waals surface area contributed by atoms with Crippen molar-refractivity contribution in [3.8, 4) is 5.75 Å². The Hall–Kier alpha value is -0.870. The number of hydrogen-bond acceptors (Lipinski definition) is 3. The first-order valence-electron chi connectivity index (χ1n) is 6.40. The van der Waals surface area contributed by atoms with E-state index in [1.165, 1.54) is 11.5 Å². The zero-order valence-corrected chi connectivity index (χ0v) is 12.5. The Balaban J connectivity index is 1.95. The Morgan fingerprint density at radius 1 is 1.47 bits per heavy atom. The molecule has 0 radical (unpaired) electrons. The molecule has 0 aliphatic carbocycles. The zero-order valence-electron chi connectivity index (χ0n) is 10.9. The Bertz CT molecular complexity index is 447. The minimum Gasteiger partial charge on any atom is -0.495 e. The first-order valence-corrected chi connectivity index (χ1v) is 7.93. The third-order valence-corrected chi connectivity index (χ3v) is 4.53. The first-order chi connectivity index (χ1) is 9.19. The van der Waals surface area contributed by atoms with E-state index in [9.17, 15) is 4.79 Å². The van der Waals surface area contributed by atoms with Crippen molar-refractivity contribution in [1.82, 2.24) is 0 Å². The highest BCUT2D eigenvalue weighted by atomic mass is 35.5. The van der Waals surface area contributed by atoms with E-state index in [0.29, 0.717) is 28.8 Å².